The molecule has 3 aliphatic rings. The van der Waals surface area contributed by atoms with Gasteiger partial charge in [0, 0.05) is 13.1 Å². The standard InChI is InChI=1S/C32H33Cl2NO4/c33-28-9-4-21(12-29(28)34)19-39-27-7-5-22(6-8-27)23-10-11-38-31-16-24-15-30(32(36)37)35(17-20-2-1-3-20)18-26(24)14-25(31)13-23/h4-9,12,14,16,20,23,30H,1-3,10-11,13,15,17-19H2,(H,36,37)/t23-,30+/m1/s1. The highest BCUT2D eigenvalue weighted by atomic mass is 35.5. The van der Waals surface area contributed by atoms with E-state index in [2.05, 4.69) is 29.2 Å². The number of carboxylic acids is 1. The van der Waals surface area contributed by atoms with Crippen LogP contribution < -0.4 is 9.47 Å². The Labute approximate surface area is 239 Å². The summed E-state index contributed by atoms with van der Waals surface area (Å²) in [7, 11) is 0. The number of hydrogen-bond acceptors (Lipinski definition) is 4. The molecule has 0 spiro atoms. The molecule has 204 valence electrons. The Morgan fingerprint density at radius 3 is 2.49 bits per heavy atom. The molecule has 39 heavy (non-hydrogen) atoms. The highest BCUT2D eigenvalue weighted by Crippen LogP contribution is 2.38. The van der Waals surface area contributed by atoms with E-state index >= 15 is 0 Å². The van der Waals surface area contributed by atoms with Crippen molar-refractivity contribution in [3.8, 4) is 11.5 Å². The number of aliphatic carboxylic acids is 1. The van der Waals surface area contributed by atoms with Gasteiger partial charge in [-0.15, -0.1) is 0 Å². The van der Waals surface area contributed by atoms with Crippen LogP contribution in [0, 0.1) is 5.92 Å². The SMILES string of the molecule is O=C(O)[C@@H]1Cc2cc3c(cc2CN1CC1CCC1)C[C@H](c1ccc(OCc2ccc(Cl)c(Cl)c2)cc1)CCO3. The smallest absolute Gasteiger partial charge is 0.321 e. The second-order valence-electron chi connectivity index (χ2n) is 11.2. The van der Waals surface area contributed by atoms with E-state index in [1.165, 1.54) is 36.0 Å². The van der Waals surface area contributed by atoms with Crippen molar-refractivity contribution in [1.82, 2.24) is 4.90 Å². The molecule has 0 amide bonds. The first-order valence-electron chi connectivity index (χ1n) is 13.8. The van der Waals surface area contributed by atoms with Crippen LogP contribution in [0.1, 0.15) is 59.4 Å². The lowest BCUT2D eigenvalue weighted by molar-refractivity contribution is -0.144. The molecule has 1 fully saturated rings. The summed E-state index contributed by atoms with van der Waals surface area (Å²) in [5.41, 5.74) is 5.82. The first-order chi connectivity index (χ1) is 18.9. The van der Waals surface area contributed by atoms with Gasteiger partial charge < -0.3 is 14.6 Å². The van der Waals surface area contributed by atoms with Crippen molar-refractivity contribution in [3.05, 3.63) is 92.5 Å². The molecule has 2 atom stereocenters. The maximum absolute atomic E-state index is 12.1. The molecule has 2 heterocycles. The van der Waals surface area contributed by atoms with Crippen LogP contribution in [-0.4, -0.2) is 35.2 Å². The van der Waals surface area contributed by atoms with Gasteiger partial charge in [-0.3, -0.25) is 9.69 Å². The van der Waals surface area contributed by atoms with Crippen LogP contribution in [0.5, 0.6) is 11.5 Å². The van der Waals surface area contributed by atoms with Crippen LogP contribution in [0.25, 0.3) is 0 Å². The lowest BCUT2D eigenvalue weighted by Crippen LogP contribution is -2.48. The van der Waals surface area contributed by atoms with Crippen LogP contribution in [0.4, 0.5) is 0 Å². The predicted molar refractivity (Wildman–Crippen MR) is 153 cm³/mol. The number of carbonyl (C=O) groups is 1. The first kappa shape index (κ1) is 26.5. The van der Waals surface area contributed by atoms with Gasteiger partial charge in [-0.1, -0.05) is 53.9 Å². The molecular weight excluding hydrogens is 533 g/mol. The Morgan fingerprint density at radius 1 is 0.949 bits per heavy atom. The molecule has 0 radical (unpaired) electrons. The summed E-state index contributed by atoms with van der Waals surface area (Å²) in [6, 6.07) is 17.8. The molecule has 7 heteroatoms. The van der Waals surface area contributed by atoms with Gasteiger partial charge in [0.05, 0.1) is 16.7 Å². The van der Waals surface area contributed by atoms with Crippen LogP contribution in [-0.2, 0) is 30.8 Å². The number of hydrogen-bond donors (Lipinski definition) is 1. The van der Waals surface area contributed by atoms with Crippen molar-refractivity contribution >= 4 is 29.2 Å². The molecule has 0 bridgehead atoms. The van der Waals surface area contributed by atoms with E-state index in [-0.39, 0.29) is 0 Å². The zero-order chi connectivity index (χ0) is 26.9. The quantitative estimate of drug-likeness (QED) is 0.326. The van der Waals surface area contributed by atoms with Gasteiger partial charge in [0.15, 0.2) is 0 Å². The Bertz CT molecular complexity index is 1360. The van der Waals surface area contributed by atoms with Gasteiger partial charge in [0.1, 0.15) is 24.1 Å². The predicted octanol–water partition coefficient (Wildman–Crippen LogP) is 7.29. The molecule has 2 aliphatic heterocycles. The maximum Gasteiger partial charge on any atom is 0.321 e. The third kappa shape index (κ3) is 5.91. The fraction of sp³-hybridized carbons (Fsp3) is 0.406. The summed E-state index contributed by atoms with van der Waals surface area (Å²) in [6.45, 7) is 2.65. The number of rotatable bonds is 7. The van der Waals surface area contributed by atoms with E-state index in [0.29, 0.717) is 48.1 Å². The Morgan fingerprint density at radius 2 is 1.77 bits per heavy atom. The van der Waals surface area contributed by atoms with Gasteiger partial charge in [-0.05, 0) is 102 Å². The molecule has 1 saturated carbocycles. The van der Waals surface area contributed by atoms with E-state index < -0.39 is 12.0 Å². The van der Waals surface area contributed by atoms with E-state index in [0.717, 1.165) is 42.0 Å². The average molecular weight is 567 g/mol. The van der Waals surface area contributed by atoms with E-state index in [4.69, 9.17) is 32.7 Å². The average Bonchev–Trinajstić information content (AvgIpc) is 3.11. The molecule has 0 aromatic heterocycles. The zero-order valence-electron chi connectivity index (χ0n) is 21.9. The van der Waals surface area contributed by atoms with Crippen molar-refractivity contribution < 1.29 is 19.4 Å². The second kappa shape index (κ2) is 11.4. The number of carboxylic acid groups (broad SMARTS) is 1. The molecule has 3 aromatic carbocycles. The fourth-order valence-electron chi connectivity index (χ4n) is 6.05. The second-order valence-corrected chi connectivity index (χ2v) is 12.0. The summed E-state index contributed by atoms with van der Waals surface area (Å²) < 4.78 is 12.2. The van der Waals surface area contributed by atoms with E-state index in [1.54, 1.807) is 6.07 Å². The molecular formula is C32H33Cl2NO4. The van der Waals surface area contributed by atoms with Crippen LogP contribution >= 0.6 is 23.2 Å². The summed E-state index contributed by atoms with van der Waals surface area (Å²) in [5, 5.41) is 11.0. The topological polar surface area (TPSA) is 59.0 Å². The van der Waals surface area contributed by atoms with Crippen molar-refractivity contribution in [3.63, 3.8) is 0 Å². The monoisotopic (exact) mass is 565 g/mol. The van der Waals surface area contributed by atoms with Crippen molar-refractivity contribution in [2.24, 2.45) is 5.92 Å². The summed E-state index contributed by atoms with van der Waals surface area (Å²) in [5.74, 6) is 1.98. The number of fused-ring (bicyclic) bond motifs is 2. The van der Waals surface area contributed by atoms with Crippen LogP contribution in [0.2, 0.25) is 10.0 Å². The van der Waals surface area contributed by atoms with Gasteiger partial charge >= 0.3 is 5.97 Å². The number of halogens is 2. The molecule has 3 aromatic rings. The number of ether oxygens (including phenoxy) is 2. The lowest BCUT2D eigenvalue weighted by Gasteiger charge is -2.39. The minimum atomic E-state index is -0.722. The van der Waals surface area contributed by atoms with Crippen molar-refractivity contribution in [2.45, 2.75) is 63.6 Å². The van der Waals surface area contributed by atoms with Gasteiger partial charge in [-0.2, -0.15) is 0 Å². The molecule has 0 saturated heterocycles. The molecule has 5 nitrogen and oxygen atoms in total. The normalized spacial score (nSPS) is 21.2. The third-order valence-corrected chi connectivity index (χ3v) is 9.28. The first-order valence-corrected chi connectivity index (χ1v) is 14.6. The van der Waals surface area contributed by atoms with E-state index in [9.17, 15) is 9.90 Å². The minimum absolute atomic E-state index is 0.342. The zero-order valence-corrected chi connectivity index (χ0v) is 23.4. The van der Waals surface area contributed by atoms with Crippen molar-refractivity contribution in [1.29, 1.82) is 0 Å². The summed E-state index contributed by atoms with van der Waals surface area (Å²) in [6.07, 6.45) is 6.07. The summed E-state index contributed by atoms with van der Waals surface area (Å²) in [4.78, 5) is 14.3. The molecule has 0 unspecified atom stereocenters. The third-order valence-electron chi connectivity index (χ3n) is 8.54. The molecule has 1 aliphatic carbocycles. The van der Waals surface area contributed by atoms with Crippen LogP contribution in [0.15, 0.2) is 54.6 Å². The number of benzene rings is 3. The van der Waals surface area contributed by atoms with Gasteiger partial charge in [-0.25, -0.2) is 0 Å². The van der Waals surface area contributed by atoms with Gasteiger partial charge in [0.2, 0.25) is 0 Å². The van der Waals surface area contributed by atoms with Crippen molar-refractivity contribution in [2.75, 3.05) is 13.2 Å². The fourth-order valence-corrected chi connectivity index (χ4v) is 6.37. The van der Waals surface area contributed by atoms with Gasteiger partial charge in [0.25, 0.3) is 0 Å². The minimum Gasteiger partial charge on any atom is -0.493 e. The highest BCUT2D eigenvalue weighted by molar-refractivity contribution is 6.42. The summed E-state index contributed by atoms with van der Waals surface area (Å²) >= 11 is 12.1. The Balaban J connectivity index is 1.15. The lowest BCUT2D eigenvalue weighted by atomic mass is 9.83. The number of nitrogens with zero attached hydrogens (tertiary/aromatic N) is 1. The molecule has 6 rings (SSSR count). The Hall–Kier alpha value is -2.73. The van der Waals surface area contributed by atoms with Crippen LogP contribution in [0.3, 0.4) is 0 Å². The van der Waals surface area contributed by atoms with E-state index in [1.807, 2.05) is 24.3 Å². The highest BCUT2D eigenvalue weighted by Gasteiger charge is 2.35. The maximum atomic E-state index is 12.1. The largest absolute Gasteiger partial charge is 0.493 e. The Kier molecular flexibility index (Phi) is 7.75. The molecule has 1 N–H and O–H groups in total.